The molecule has 0 rings (SSSR count). The summed E-state index contributed by atoms with van der Waals surface area (Å²) in [7, 11) is 0. The summed E-state index contributed by atoms with van der Waals surface area (Å²) in [4.78, 5) is 8.56. The molecule has 0 aliphatic heterocycles. The molecule has 64 valence electrons. The second kappa shape index (κ2) is 60.8. The highest BCUT2D eigenvalue weighted by molar-refractivity contribution is 5.53. The van der Waals surface area contributed by atoms with Crippen molar-refractivity contribution in [3.63, 3.8) is 0 Å². The molecule has 0 aromatic rings. The summed E-state index contributed by atoms with van der Waals surface area (Å²) >= 11 is 0. The number of hydrogen-bond acceptors (Lipinski definition) is 5. The van der Waals surface area contributed by atoms with Crippen molar-refractivity contribution in [3.05, 3.63) is 0 Å². The van der Waals surface area contributed by atoms with Crippen LogP contribution in [0, 0.1) is 0 Å². The fraction of sp³-hybridized carbons (Fsp3) is 0. The molecule has 0 bridgehead atoms. The molecule has 0 unspecified atom stereocenters. The molecule has 0 radical (unpaired) electrons. The first-order valence-electron chi connectivity index (χ1n) is 0.651. The van der Waals surface area contributed by atoms with Gasteiger partial charge in [0.15, 0.2) is 0 Å². The lowest BCUT2D eigenvalue weighted by molar-refractivity contribution is 0.137. The largest absolute Gasteiger partial charge is 0.503 e. The van der Waals surface area contributed by atoms with Gasteiger partial charge >= 0.3 is 6.16 Å². The molecule has 0 atom stereocenters. The predicted octanol–water partition coefficient (Wildman–Crippen LogP) is 0.0457. The van der Waals surface area contributed by atoms with Crippen molar-refractivity contribution >= 4 is 6.16 Å². The smallest absolute Gasteiger partial charge is 0.450 e. The molecule has 8 heteroatoms. The van der Waals surface area contributed by atoms with E-state index in [1.54, 1.807) is 0 Å². The lowest BCUT2D eigenvalue weighted by Gasteiger charge is -1.60. The minimum atomic E-state index is -1.83. The van der Waals surface area contributed by atoms with Crippen LogP contribution < -0.4 is 24.6 Å². The molecule has 0 aliphatic carbocycles. The molecular weight excluding hydrogens is 132 g/mol. The van der Waals surface area contributed by atoms with Gasteiger partial charge in [0.25, 0.3) is 0 Å². The van der Waals surface area contributed by atoms with Crippen molar-refractivity contribution in [2.45, 2.75) is 0 Å². The average molecular weight is 148 g/mol. The Labute approximate surface area is 52.5 Å². The molecule has 0 saturated carbocycles. The topological polar surface area (TPSA) is 229 Å². The zero-order chi connectivity index (χ0) is 3.58. The van der Waals surface area contributed by atoms with Crippen molar-refractivity contribution in [3.8, 4) is 0 Å². The van der Waals surface area contributed by atoms with E-state index in [1.165, 1.54) is 0 Å². The van der Waals surface area contributed by atoms with E-state index in [-0.39, 0.29) is 30.1 Å². The quantitative estimate of drug-likeness (QED) is 0.275. The summed E-state index contributed by atoms with van der Waals surface area (Å²) in [5.74, 6) is 0. The molecular formula is CH16N4O4. The second-order valence-electron chi connectivity index (χ2n) is 0.283. The van der Waals surface area contributed by atoms with Gasteiger partial charge in [-0.2, -0.15) is 0 Å². The fourth-order valence-electron chi connectivity index (χ4n) is 0. The van der Waals surface area contributed by atoms with Gasteiger partial charge in [-0.1, -0.05) is 0 Å². The standard InChI is InChI=1S/CH2O3.4H3N.H2O/c2-1(3)4;;;;;/h(H2,2,3,4);4*1H3;1H2. The molecule has 0 saturated heterocycles. The number of carboxylic acid groups (broad SMARTS) is 2. The van der Waals surface area contributed by atoms with Crippen LogP contribution in [-0.2, 0) is 0 Å². The van der Waals surface area contributed by atoms with Crippen LogP contribution in [0.1, 0.15) is 0 Å². The van der Waals surface area contributed by atoms with E-state index in [0.717, 1.165) is 0 Å². The third-order valence-electron chi connectivity index (χ3n) is 0. The van der Waals surface area contributed by atoms with E-state index in [9.17, 15) is 0 Å². The van der Waals surface area contributed by atoms with Crippen molar-refractivity contribution < 1.29 is 20.5 Å². The van der Waals surface area contributed by atoms with Crippen molar-refractivity contribution in [2.24, 2.45) is 0 Å². The molecule has 0 aliphatic rings. The van der Waals surface area contributed by atoms with Crippen LogP contribution in [0.15, 0.2) is 0 Å². The van der Waals surface area contributed by atoms with Crippen LogP contribution in [-0.4, -0.2) is 21.8 Å². The Bertz CT molecular complexity index is 35.5. The predicted molar refractivity (Wildman–Crippen MR) is 34.4 cm³/mol. The second-order valence-corrected chi connectivity index (χ2v) is 0.283. The van der Waals surface area contributed by atoms with Crippen LogP contribution >= 0.6 is 0 Å². The first-order valence-corrected chi connectivity index (χ1v) is 0.651. The van der Waals surface area contributed by atoms with Gasteiger partial charge in [0.1, 0.15) is 0 Å². The zero-order valence-corrected chi connectivity index (χ0v) is 5.13. The molecule has 0 fully saturated rings. The van der Waals surface area contributed by atoms with Gasteiger partial charge in [-0.05, 0) is 0 Å². The Balaban J connectivity index is -0.00000000450. The van der Waals surface area contributed by atoms with Gasteiger partial charge in [-0.3, -0.25) is 0 Å². The maximum Gasteiger partial charge on any atom is 0.503 e. The maximum atomic E-state index is 8.56. The Hall–Kier alpha value is -0.930. The first-order chi connectivity index (χ1) is 1.73. The number of rotatable bonds is 0. The van der Waals surface area contributed by atoms with E-state index in [0.29, 0.717) is 0 Å². The monoisotopic (exact) mass is 148 g/mol. The van der Waals surface area contributed by atoms with Crippen LogP contribution in [0.4, 0.5) is 4.79 Å². The van der Waals surface area contributed by atoms with Crippen molar-refractivity contribution in [1.82, 2.24) is 24.6 Å². The summed E-state index contributed by atoms with van der Waals surface area (Å²) in [5.41, 5.74) is 0. The summed E-state index contributed by atoms with van der Waals surface area (Å²) in [6.45, 7) is 0. The average Bonchev–Trinajstić information content (AvgIpc) is 0.811. The normalized spacial score (nSPS) is 2.67. The minimum absolute atomic E-state index is 0. The Morgan fingerprint density at radius 2 is 0.889 bits per heavy atom. The molecule has 9 heavy (non-hydrogen) atoms. The maximum absolute atomic E-state index is 8.56. The van der Waals surface area contributed by atoms with Gasteiger partial charge in [0, 0.05) is 0 Å². The molecule has 8 nitrogen and oxygen atoms in total. The lowest BCUT2D eigenvalue weighted by atomic mass is 11.5. The summed E-state index contributed by atoms with van der Waals surface area (Å²) in [5, 5.41) is 13.9. The fourth-order valence-corrected chi connectivity index (χ4v) is 0. The Morgan fingerprint density at radius 3 is 0.889 bits per heavy atom. The van der Waals surface area contributed by atoms with Gasteiger partial charge in [0.2, 0.25) is 0 Å². The highest BCUT2D eigenvalue weighted by atomic mass is 16.6. The molecule has 0 aromatic heterocycles. The molecule has 0 amide bonds. The Morgan fingerprint density at radius 1 is 0.889 bits per heavy atom. The highest BCUT2D eigenvalue weighted by Crippen LogP contribution is 1.42. The number of carbonyl (C=O) groups is 1. The van der Waals surface area contributed by atoms with E-state index in [1.807, 2.05) is 0 Å². The molecule has 0 heterocycles. The summed E-state index contributed by atoms with van der Waals surface area (Å²) in [6, 6.07) is 0. The Kier molecular flexibility index (Phi) is 636. The van der Waals surface area contributed by atoms with Crippen molar-refractivity contribution in [1.29, 1.82) is 0 Å². The summed E-state index contributed by atoms with van der Waals surface area (Å²) < 4.78 is 0. The molecule has 0 aromatic carbocycles. The van der Waals surface area contributed by atoms with Gasteiger partial charge in [-0.25, -0.2) is 4.79 Å². The minimum Gasteiger partial charge on any atom is -0.450 e. The highest BCUT2D eigenvalue weighted by Gasteiger charge is 1.70. The van der Waals surface area contributed by atoms with Crippen LogP contribution in [0.5, 0.6) is 0 Å². The van der Waals surface area contributed by atoms with Crippen LogP contribution in [0.2, 0.25) is 0 Å². The van der Waals surface area contributed by atoms with E-state index < -0.39 is 6.16 Å². The van der Waals surface area contributed by atoms with Crippen LogP contribution in [0.3, 0.4) is 0 Å². The van der Waals surface area contributed by atoms with Gasteiger partial charge < -0.3 is 40.3 Å². The zero-order valence-electron chi connectivity index (χ0n) is 5.13. The third kappa shape index (κ3) is 210. The van der Waals surface area contributed by atoms with E-state index in [2.05, 4.69) is 0 Å². The number of hydrogen-bond donors (Lipinski definition) is 6. The molecule has 0 spiro atoms. The van der Waals surface area contributed by atoms with E-state index in [4.69, 9.17) is 15.0 Å². The molecule has 16 N–H and O–H groups in total. The summed E-state index contributed by atoms with van der Waals surface area (Å²) in [6.07, 6.45) is -1.83. The lowest BCUT2D eigenvalue weighted by Crippen LogP contribution is -1.81. The van der Waals surface area contributed by atoms with Crippen LogP contribution in [0.25, 0.3) is 0 Å². The third-order valence-corrected chi connectivity index (χ3v) is 0. The van der Waals surface area contributed by atoms with Gasteiger partial charge in [-0.15, -0.1) is 0 Å². The first kappa shape index (κ1) is 94.1. The van der Waals surface area contributed by atoms with Gasteiger partial charge in [0.05, 0.1) is 0 Å². The van der Waals surface area contributed by atoms with E-state index >= 15 is 0 Å². The van der Waals surface area contributed by atoms with Crippen molar-refractivity contribution in [2.75, 3.05) is 0 Å². The SMILES string of the molecule is N.N.N.N.O.O=C(O)O.